The minimum absolute atomic E-state index is 0.179. The smallest absolute Gasteiger partial charge is 0.309 e. The van der Waals surface area contributed by atoms with Gasteiger partial charge in [0.05, 0.1) is 0 Å². The van der Waals surface area contributed by atoms with Crippen molar-refractivity contribution in [3.05, 3.63) is 29.6 Å². The molecule has 1 amide bonds. The van der Waals surface area contributed by atoms with Crippen molar-refractivity contribution >= 4 is 15.7 Å². The summed E-state index contributed by atoms with van der Waals surface area (Å²) in [5, 5.41) is 10.6. The summed E-state index contributed by atoms with van der Waals surface area (Å²) in [6, 6.07) is 3.89. The van der Waals surface area contributed by atoms with Crippen molar-refractivity contribution in [3.63, 3.8) is 0 Å². The molecule has 1 rings (SSSR count). The number of aromatic nitrogens is 1. The third-order valence-corrected chi connectivity index (χ3v) is 3.06. The van der Waals surface area contributed by atoms with Crippen LogP contribution in [0.4, 0.5) is 0 Å². The number of hydrogen-bond donors (Lipinski definition) is 1. The molecule has 0 bridgehead atoms. The average molecular weight is 216 g/mol. The van der Waals surface area contributed by atoms with Crippen LogP contribution in [0.15, 0.2) is 29.4 Å². The zero-order chi connectivity index (χ0) is 10.8. The van der Waals surface area contributed by atoms with Crippen molar-refractivity contribution in [1.29, 1.82) is 0 Å². The third kappa shape index (κ3) is 2.19. The van der Waals surface area contributed by atoms with Gasteiger partial charge in [0.1, 0.15) is 5.75 Å². The van der Waals surface area contributed by atoms with E-state index < -0.39 is 26.5 Å². The third-order valence-electron chi connectivity index (χ3n) is 1.44. The first-order valence-corrected chi connectivity index (χ1v) is 5.28. The highest BCUT2D eigenvalue weighted by Gasteiger charge is 2.25. The highest BCUT2D eigenvalue weighted by molar-refractivity contribution is 7.91. The number of carbonyl (C=O) groups is 1. The zero-order valence-corrected chi connectivity index (χ0v) is 7.90. The minimum atomic E-state index is -3.91. The molecule has 1 aromatic heterocycles. The van der Waals surface area contributed by atoms with Crippen LogP contribution < -0.4 is 10.5 Å². The molecule has 6 nitrogen and oxygen atoms in total. The molecule has 7 heteroatoms. The monoisotopic (exact) mass is 216 g/mol. The van der Waals surface area contributed by atoms with E-state index in [1.807, 2.05) is 0 Å². The Morgan fingerprint density at radius 1 is 1.50 bits per heavy atom. The molecular formula is C7H8N2O4S. The summed E-state index contributed by atoms with van der Waals surface area (Å²) >= 11 is 0. The van der Waals surface area contributed by atoms with Gasteiger partial charge in [-0.3, -0.25) is 4.79 Å². The maximum Gasteiger partial charge on any atom is 0.309 e. The van der Waals surface area contributed by atoms with Crippen molar-refractivity contribution in [2.45, 2.75) is 5.03 Å². The van der Waals surface area contributed by atoms with Crippen molar-refractivity contribution in [2.24, 2.45) is 5.73 Å². The van der Waals surface area contributed by atoms with Crippen LogP contribution in [0.2, 0.25) is 0 Å². The quantitative estimate of drug-likeness (QED) is 0.494. The summed E-state index contributed by atoms with van der Waals surface area (Å²) in [6.45, 7) is 0. The van der Waals surface area contributed by atoms with Gasteiger partial charge in [-0.2, -0.15) is 4.73 Å². The lowest BCUT2D eigenvalue weighted by Crippen LogP contribution is -2.36. The second kappa shape index (κ2) is 3.62. The average Bonchev–Trinajstić information content (AvgIpc) is 2.02. The molecule has 1 aromatic rings. The zero-order valence-electron chi connectivity index (χ0n) is 7.08. The van der Waals surface area contributed by atoms with Gasteiger partial charge in [0.15, 0.2) is 6.20 Å². The highest BCUT2D eigenvalue weighted by Crippen LogP contribution is 2.03. The molecule has 14 heavy (non-hydrogen) atoms. The predicted octanol–water partition coefficient (Wildman–Crippen LogP) is -1.42. The van der Waals surface area contributed by atoms with Gasteiger partial charge in [-0.25, -0.2) is 8.42 Å². The second-order valence-corrected chi connectivity index (χ2v) is 4.53. The summed E-state index contributed by atoms with van der Waals surface area (Å²) in [6.07, 6.45) is 1.04. The molecule has 1 heterocycles. The Hall–Kier alpha value is -1.63. The SMILES string of the molecule is NC(=O)CS(=O)(=O)c1cccc[n+]1[O-]. The summed E-state index contributed by atoms with van der Waals surface area (Å²) in [5.41, 5.74) is 4.74. The van der Waals surface area contributed by atoms with E-state index >= 15 is 0 Å². The maximum absolute atomic E-state index is 11.3. The van der Waals surface area contributed by atoms with Gasteiger partial charge >= 0.3 is 5.03 Å². The van der Waals surface area contributed by atoms with Crippen LogP contribution in [-0.2, 0) is 14.6 Å². The van der Waals surface area contributed by atoms with Crippen LogP contribution in [0, 0.1) is 5.21 Å². The summed E-state index contributed by atoms with van der Waals surface area (Å²) < 4.78 is 22.9. The Bertz CT molecular complexity index is 455. The first-order valence-electron chi connectivity index (χ1n) is 3.63. The van der Waals surface area contributed by atoms with Crippen LogP contribution in [-0.4, -0.2) is 20.1 Å². The fraction of sp³-hybridized carbons (Fsp3) is 0.143. The molecule has 0 saturated heterocycles. The van der Waals surface area contributed by atoms with Crippen LogP contribution in [0.25, 0.3) is 0 Å². The number of primary amides is 1. The Kier molecular flexibility index (Phi) is 2.70. The van der Waals surface area contributed by atoms with Gasteiger partial charge in [0, 0.05) is 12.1 Å². The van der Waals surface area contributed by atoms with Gasteiger partial charge in [-0.15, -0.1) is 0 Å². The van der Waals surface area contributed by atoms with Crippen LogP contribution in [0.1, 0.15) is 0 Å². The molecule has 0 radical (unpaired) electrons. The number of nitrogens with zero attached hydrogens (tertiary/aromatic N) is 1. The van der Waals surface area contributed by atoms with Gasteiger partial charge < -0.3 is 10.9 Å². The molecule has 0 aromatic carbocycles. The molecule has 0 saturated carbocycles. The van der Waals surface area contributed by atoms with E-state index in [0.29, 0.717) is 0 Å². The normalized spacial score (nSPS) is 11.1. The van der Waals surface area contributed by atoms with Crippen LogP contribution in [0.5, 0.6) is 0 Å². The van der Waals surface area contributed by atoms with Gasteiger partial charge in [-0.05, 0) is 6.07 Å². The van der Waals surface area contributed by atoms with Crippen molar-refractivity contribution in [2.75, 3.05) is 5.75 Å². The fourth-order valence-corrected chi connectivity index (χ4v) is 2.06. The van der Waals surface area contributed by atoms with E-state index in [1.165, 1.54) is 12.1 Å². The highest BCUT2D eigenvalue weighted by atomic mass is 32.2. The van der Waals surface area contributed by atoms with E-state index in [4.69, 9.17) is 5.73 Å². The lowest BCUT2D eigenvalue weighted by molar-refractivity contribution is -0.646. The number of sulfone groups is 1. The fourth-order valence-electron chi connectivity index (χ4n) is 0.915. The van der Waals surface area contributed by atoms with E-state index in [-0.39, 0.29) is 4.73 Å². The number of hydrogen-bond acceptors (Lipinski definition) is 4. The first-order chi connectivity index (χ1) is 6.43. The Morgan fingerprint density at radius 3 is 2.64 bits per heavy atom. The van der Waals surface area contributed by atoms with Crippen molar-refractivity contribution in [3.8, 4) is 0 Å². The standard InChI is InChI=1S/C7H8N2O4S/c8-6(10)5-14(12,13)7-3-1-2-4-9(7)11/h1-4H,5H2,(H2,8,10). The van der Waals surface area contributed by atoms with Crippen molar-refractivity contribution in [1.82, 2.24) is 0 Å². The number of pyridine rings is 1. The van der Waals surface area contributed by atoms with Gasteiger partial charge in [0.25, 0.3) is 0 Å². The Labute approximate surface area is 80.5 Å². The number of carbonyl (C=O) groups excluding carboxylic acids is 1. The van der Waals surface area contributed by atoms with Crippen LogP contribution in [0.3, 0.4) is 0 Å². The summed E-state index contributed by atoms with van der Waals surface area (Å²) in [4.78, 5) is 10.4. The molecule has 0 fully saturated rings. The van der Waals surface area contributed by atoms with Gasteiger partial charge in [-0.1, -0.05) is 0 Å². The van der Waals surface area contributed by atoms with Crippen LogP contribution >= 0.6 is 0 Å². The molecule has 0 atom stereocenters. The number of amides is 1. The molecule has 0 aliphatic carbocycles. The summed E-state index contributed by atoms with van der Waals surface area (Å²) in [5.74, 6) is -1.85. The molecule has 2 N–H and O–H groups in total. The molecule has 0 spiro atoms. The lowest BCUT2D eigenvalue weighted by Gasteiger charge is -2.02. The largest absolute Gasteiger partial charge is 0.618 e. The van der Waals surface area contributed by atoms with Crippen molar-refractivity contribution < 1.29 is 17.9 Å². The maximum atomic E-state index is 11.3. The molecule has 76 valence electrons. The van der Waals surface area contributed by atoms with E-state index in [9.17, 15) is 18.4 Å². The van der Waals surface area contributed by atoms with Gasteiger partial charge in [0.2, 0.25) is 15.7 Å². The summed E-state index contributed by atoms with van der Waals surface area (Å²) in [7, 11) is -3.91. The van der Waals surface area contributed by atoms with E-state index in [2.05, 4.69) is 0 Å². The molecule has 0 aliphatic heterocycles. The Morgan fingerprint density at radius 2 is 2.14 bits per heavy atom. The van der Waals surface area contributed by atoms with E-state index in [1.54, 1.807) is 0 Å². The first kappa shape index (κ1) is 10.5. The second-order valence-electron chi connectivity index (χ2n) is 2.59. The topological polar surface area (TPSA) is 104 Å². The molecule has 0 unspecified atom stereocenters. The minimum Gasteiger partial charge on any atom is -0.618 e. The molecule has 0 aliphatic rings. The Balaban J connectivity index is 3.17. The predicted molar refractivity (Wildman–Crippen MR) is 46.6 cm³/mol. The molecular weight excluding hydrogens is 208 g/mol. The lowest BCUT2D eigenvalue weighted by atomic mass is 10.5. The number of nitrogens with two attached hydrogens (primary N) is 1. The number of rotatable bonds is 3. The van der Waals surface area contributed by atoms with E-state index in [0.717, 1.165) is 12.3 Å².